The predicted molar refractivity (Wildman–Crippen MR) is 60.9 cm³/mol. The third kappa shape index (κ3) is 5.23. The van der Waals surface area contributed by atoms with Gasteiger partial charge in [-0.3, -0.25) is 0 Å². The molecule has 0 fully saturated rings. The summed E-state index contributed by atoms with van der Waals surface area (Å²) in [6, 6.07) is 0. The zero-order chi connectivity index (χ0) is 11.6. The molecule has 0 amide bonds. The lowest BCUT2D eigenvalue weighted by Crippen LogP contribution is -1.98. The molecule has 92 valence electrons. The van der Waals surface area contributed by atoms with Crippen LogP contribution in [-0.2, 0) is 17.8 Å². The fraction of sp³-hybridized carbons (Fsp3) is 0.818. The topological polar surface area (TPSA) is 74.2 Å². The van der Waals surface area contributed by atoms with Crippen molar-refractivity contribution in [3.05, 3.63) is 11.7 Å². The SMILES string of the molecule is CCCOCc1noc(CCCCCN)n1. The summed E-state index contributed by atoms with van der Waals surface area (Å²) in [5.74, 6) is 1.34. The normalized spacial score (nSPS) is 10.9. The van der Waals surface area contributed by atoms with E-state index in [1.165, 1.54) is 0 Å². The summed E-state index contributed by atoms with van der Waals surface area (Å²) >= 11 is 0. The number of nitrogens with two attached hydrogens (primary N) is 1. The van der Waals surface area contributed by atoms with Gasteiger partial charge in [0.25, 0.3) is 0 Å². The van der Waals surface area contributed by atoms with Crippen LogP contribution >= 0.6 is 0 Å². The average Bonchev–Trinajstić information content (AvgIpc) is 2.73. The minimum Gasteiger partial charge on any atom is -0.373 e. The Morgan fingerprint density at radius 3 is 2.94 bits per heavy atom. The van der Waals surface area contributed by atoms with E-state index in [2.05, 4.69) is 17.1 Å². The van der Waals surface area contributed by atoms with E-state index in [0.29, 0.717) is 18.3 Å². The van der Waals surface area contributed by atoms with Gasteiger partial charge in [0.05, 0.1) is 0 Å². The second-order valence-corrected chi connectivity index (χ2v) is 3.76. The molecule has 1 heterocycles. The molecule has 0 aromatic carbocycles. The van der Waals surface area contributed by atoms with E-state index in [1.54, 1.807) is 0 Å². The van der Waals surface area contributed by atoms with Crippen molar-refractivity contribution < 1.29 is 9.26 Å². The number of aromatic nitrogens is 2. The van der Waals surface area contributed by atoms with Gasteiger partial charge < -0.3 is 15.0 Å². The van der Waals surface area contributed by atoms with Crippen LogP contribution in [-0.4, -0.2) is 23.3 Å². The number of hydrogen-bond donors (Lipinski definition) is 1. The first-order valence-electron chi connectivity index (χ1n) is 5.96. The van der Waals surface area contributed by atoms with Crippen molar-refractivity contribution in [1.29, 1.82) is 0 Å². The van der Waals surface area contributed by atoms with Crippen LogP contribution in [0.4, 0.5) is 0 Å². The summed E-state index contributed by atoms with van der Waals surface area (Å²) in [6.07, 6.45) is 5.06. The van der Waals surface area contributed by atoms with Gasteiger partial charge in [-0.25, -0.2) is 0 Å². The summed E-state index contributed by atoms with van der Waals surface area (Å²) < 4.78 is 10.4. The molecule has 1 aromatic rings. The van der Waals surface area contributed by atoms with Crippen LogP contribution in [0, 0.1) is 0 Å². The monoisotopic (exact) mass is 227 g/mol. The van der Waals surface area contributed by atoms with Gasteiger partial charge in [-0.2, -0.15) is 4.98 Å². The molecular weight excluding hydrogens is 206 g/mol. The Morgan fingerprint density at radius 2 is 2.19 bits per heavy atom. The molecule has 0 aliphatic rings. The van der Waals surface area contributed by atoms with Crippen molar-refractivity contribution in [2.75, 3.05) is 13.2 Å². The molecule has 0 saturated carbocycles. The van der Waals surface area contributed by atoms with E-state index in [0.717, 1.165) is 45.3 Å². The standard InChI is InChI=1S/C11H21N3O2/c1-2-8-15-9-10-13-11(16-14-10)6-4-3-5-7-12/h2-9,12H2,1H3. The number of aryl methyl sites for hydroxylation is 1. The lowest BCUT2D eigenvalue weighted by Gasteiger charge is -1.95. The molecule has 1 aromatic heterocycles. The summed E-state index contributed by atoms with van der Waals surface area (Å²) in [7, 11) is 0. The van der Waals surface area contributed by atoms with Gasteiger partial charge in [-0.15, -0.1) is 0 Å². The minimum atomic E-state index is 0.445. The molecule has 2 N–H and O–H groups in total. The first kappa shape index (κ1) is 13.1. The van der Waals surface area contributed by atoms with E-state index < -0.39 is 0 Å². The van der Waals surface area contributed by atoms with Crippen molar-refractivity contribution in [1.82, 2.24) is 10.1 Å². The lowest BCUT2D eigenvalue weighted by molar-refractivity contribution is 0.114. The number of rotatable bonds is 9. The molecule has 0 aliphatic heterocycles. The Kier molecular flexibility index (Phi) is 6.76. The van der Waals surface area contributed by atoms with Gasteiger partial charge >= 0.3 is 0 Å². The predicted octanol–water partition coefficient (Wildman–Crippen LogP) is 1.67. The molecule has 0 bridgehead atoms. The van der Waals surface area contributed by atoms with Crippen LogP contribution < -0.4 is 5.73 Å². The van der Waals surface area contributed by atoms with Crippen molar-refractivity contribution in [2.45, 2.75) is 45.6 Å². The van der Waals surface area contributed by atoms with Crippen molar-refractivity contribution in [3.63, 3.8) is 0 Å². The van der Waals surface area contributed by atoms with Gasteiger partial charge in [0.1, 0.15) is 6.61 Å². The van der Waals surface area contributed by atoms with E-state index in [1.807, 2.05) is 0 Å². The Bertz CT molecular complexity index is 276. The number of ether oxygens (including phenoxy) is 1. The third-order valence-electron chi connectivity index (χ3n) is 2.18. The van der Waals surface area contributed by atoms with Gasteiger partial charge in [-0.05, 0) is 25.8 Å². The molecule has 16 heavy (non-hydrogen) atoms. The van der Waals surface area contributed by atoms with Gasteiger partial charge in [0, 0.05) is 13.0 Å². The molecule has 0 aliphatic carbocycles. The summed E-state index contributed by atoms with van der Waals surface area (Å²) in [5.41, 5.74) is 5.41. The first-order chi connectivity index (χ1) is 7.86. The van der Waals surface area contributed by atoms with E-state index in [4.69, 9.17) is 15.0 Å². The third-order valence-corrected chi connectivity index (χ3v) is 2.18. The van der Waals surface area contributed by atoms with Crippen LogP contribution in [0.3, 0.4) is 0 Å². The van der Waals surface area contributed by atoms with Crippen molar-refractivity contribution in [3.8, 4) is 0 Å². The largest absolute Gasteiger partial charge is 0.373 e. The number of nitrogens with zero attached hydrogens (tertiary/aromatic N) is 2. The highest BCUT2D eigenvalue weighted by atomic mass is 16.5. The minimum absolute atomic E-state index is 0.445. The molecule has 0 saturated heterocycles. The first-order valence-corrected chi connectivity index (χ1v) is 5.96. The maximum absolute atomic E-state index is 5.41. The van der Waals surface area contributed by atoms with Crippen LogP contribution in [0.1, 0.15) is 44.3 Å². The van der Waals surface area contributed by atoms with Gasteiger partial charge in [0.2, 0.25) is 5.89 Å². The number of unbranched alkanes of at least 4 members (excludes halogenated alkanes) is 2. The molecule has 0 atom stereocenters. The molecule has 5 nitrogen and oxygen atoms in total. The molecular formula is C11H21N3O2. The number of hydrogen-bond acceptors (Lipinski definition) is 5. The average molecular weight is 227 g/mol. The van der Waals surface area contributed by atoms with Gasteiger partial charge in [0.15, 0.2) is 5.82 Å². The Labute approximate surface area is 96.4 Å². The molecule has 0 radical (unpaired) electrons. The van der Waals surface area contributed by atoms with E-state index >= 15 is 0 Å². The quantitative estimate of drug-likeness (QED) is 0.649. The highest BCUT2D eigenvalue weighted by molar-refractivity contribution is 4.84. The molecule has 0 spiro atoms. The highest BCUT2D eigenvalue weighted by Gasteiger charge is 2.05. The molecule has 5 heteroatoms. The fourth-order valence-electron chi connectivity index (χ4n) is 1.36. The second-order valence-electron chi connectivity index (χ2n) is 3.76. The van der Waals surface area contributed by atoms with E-state index in [9.17, 15) is 0 Å². The maximum atomic E-state index is 5.41. The summed E-state index contributed by atoms with van der Waals surface area (Å²) in [6.45, 7) is 4.00. The Balaban J connectivity index is 2.17. The molecule has 1 rings (SSSR count). The van der Waals surface area contributed by atoms with Crippen LogP contribution in [0.15, 0.2) is 4.52 Å². The Hall–Kier alpha value is -0.940. The fourth-order valence-corrected chi connectivity index (χ4v) is 1.36. The van der Waals surface area contributed by atoms with Gasteiger partial charge in [-0.1, -0.05) is 18.5 Å². The zero-order valence-electron chi connectivity index (χ0n) is 9.95. The van der Waals surface area contributed by atoms with Crippen LogP contribution in [0.25, 0.3) is 0 Å². The zero-order valence-corrected chi connectivity index (χ0v) is 9.95. The summed E-state index contributed by atoms with van der Waals surface area (Å²) in [5, 5.41) is 3.85. The summed E-state index contributed by atoms with van der Waals surface area (Å²) in [4.78, 5) is 4.25. The smallest absolute Gasteiger partial charge is 0.226 e. The maximum Gasteiger partial charge on any atom is 0.226 e. The molecule has 0 unspecified atom stereocenters. The van der Waals surface area contributed by atoms with E-state index in [-0.39, 0.29) is 0 Å². The highest BCUT2D eigenvalue weighted by Crippen LogP contribution is 2.05. The lowest BCUT2D eigenvalue weighted by atomic mass is 10.2. The van der Waals surface area contributed by atoms with Crippen molar-refractivity contribution in [2.24, 2.45) is 5.73 Å². The van der Waals surface area contributed by atoms with Crippen molar-refractivity contribution >= 4 is 0 Å². The van der Waals surface area contributed by atoms with Crippen LogP contribution in [0.5, 0.6) is 0 Å². The second kappa shape index (κ2) is 8.24. The Morgan fingerprint density at radius 1 is 1.31 bits per heavy atom. The van der Waals surface area contributed by atoms with Crippen LogP contribution in [0.2, 0.25) is 0 Å².